The lowest BCUT2D eigenvalue weighted by Gasteiger charge is -2.26. The molecule has 1 unspecified atom stereocenters. The van der Waals surface area contributed by atoms with Crippen LogP contribution in [0.2, 0.25) is 0 Å². The van der Waals surface area contributed by atoms with E-state index in [0.29, 0.717) is 0 Å². The van der Waals surface area contributed by atoms with Gasteiger partial charge in [-0.15, -0.1) is 11.8 Å². The first-order chi connectivity index (χ1) is 8.84. The molecule has 3 nitrogen and oxygen atoms in total. The minimum absolute atomic E-state index is 0.106. The summed E-state index contributed by atoms with van der Waals surface area (Å²) in [5.41, 5.74) is 2.12. The van der Waals surface area contributed by atoms with Crippen LogP contribution in [-0.4, -0.2) is 16.0 Å². The summed E-state index contributed by atoms with van der Waals surface area (Å²) in [7, 11) is 0. The highest BCUT2D eigenvalue weighted by atomic mass is 32.2. The molecule has 0 saturated heterocycles. The van der Waals surface area contributed by atoms with Crippen LogP contribution < -0.4 is 5.32 Å². The molecule has 1 aliphatic rings. The van der Waals surface area contributed by atoms with Gasteiger partial charge < -0.3 is 5.32 Å². The van der Waals surface area contributed by atoms with Crippen LogP contribution in [0.1, 0.15) is 23.7 Å². The van der Waals surface area contributed by atoms with E-state index < -0.39 is 0 Å². The van der Waals surface area contributed by atoms with Gasteiger partial charge in [0.15, 0.2) is 0 Å². The summed E-state index contributed by atoms with van der Waals surface area (Å²) in [6.45, 7) is 0.727. The molecular weight excluding hydrogens is 249 g/mol. The molecule has 5 heteroatoms. The SMILES string of the molecule is Fc1cccc2c1SCCC2NCc1ccn[nH]1. The van der Waals surface area contributed by atoms with Crippen molar-refractivity contribution < 1.29 is 4.39 Å². The third kappa shape index (κ3) is 2.28. The van der Waals surface area contributed by atoms with Crippen LogP contribution >= 0.6 is 11.8 Å². The Hall–Kier alpha value is -1.33. The van der Waals surface area contributed by atoms with Crippen molar-refractivity contribution in [2.45, 2.75) is 23.9 Å². The summed E-state index contributed by atoms with van der Waals surface area (Å²) in [4.78, 5) is 0.797. The van der Waals surface area contributed by atoms with Crippen LogP contribution in [0.25, 0.3) is 0 Å². The molecule has 2 N–H and O–H groups in total. The number of benzene rings is 1. The van der Waals surface area contributed by atoms with Crippen LogP contribution in [0.15, 0.2) is 35.4 Å². The number of aromatic nitrogens is 2. The van der Waals surface area contributed by atoms with Gasteiger partial charge in [0, 0.05) is 29.4 Å². The van der Waals surface area contributed by atoms with E-state index in [0.717, 1.165) is 34.9 Å². The first-order valence-corrected chi connectivity index (χ1v) is 6.96. The van der Waals surface area contributed by atoms with Crippen molar-refractivity contribution in [1.29, 1.82) is 0 Å². The first kappa shape index (κ1) is 11.7. The summed E-state index contributed by atoms with van der Waals surface area (Å²) in [6, 6.07) is 7.49. The van der Waals surface area contributed by atoms with E-state index in [4.69, 9.17) is 0 Å². The Bertz CT molecular complexity index is 527. The predicted molar refractivity (Wildman–Crippen MR) is 69.9 cm³/mol. The largest absolute Gasteiger partial charge is 0.304 e. The molecule has 1 aromatic heterocycles. The number of H-pyrrole nitrogens is 1. The van der Waals surface area contributed by atoms with Crippen molar-refractivity contribution in [2.24, 2.45) is 0 Å². The second-order valence-electron chi connectivity index (χ2n) is 4.31. The maximum atomic E-state index is 13.7. The van der Waals surface area contributed by atoms with Crippen molar-refractivity contribution in [3.63, 3.8) is 0 Å². The highest BCUT2D eigenvalue weighted by Gasteiger charge is 2.22. The number of aromatic amines is 1. The number of hydrogen-bond donors (Lipinski definition) is 2. The number of hydrogen-bond acceptors (Lipinski definition) is 3. The molecule has 0 spiro atoms. The highest BCUT2D eigenvalue weighted by Crippen LogP contribution is 2.37. The van der Waals surface area contributed by atoms with Gasteiger partial charge in [-0.3, -0.25) is 5.10 Å². The van der Waals surface area contributed by atoms with Crippen LogP contribution in [0, 0.1) is 5.82 Å². The lowest BCUT2D eigenvalue weighted by atomic mass is 10.0. The number of thioether (sulfide) groups is 1. The van der Waals surface area contributed by atoms with Gasteiger partial charge in [0.05, 0.1) is 0 Å². The Labute approximate surface area is 109 Å². The smallest absolute Gasteiger partial charge is 0.137 e. The topological polar surface area (TPSA) is 40.7 Å². The molecule has 0 radical (unpaired) electrons. The Balaban J connectivity index is 1.77. The van der Waals surface area contributed by atoms with Gasteiger partial charge in [-0.05, 0) is 29.9 Å². The normalized spacial score (nSPS) is 18.6. The van der Waals surface area contributed by atoms with E-state index in [9.17, 15) is 4.39 Å². The van der Waals surface area contributed by atoms with Gasteiger partial charge >= 0.3 is 0 Å². The predicted octanol–water partition coefficient (Wildman–Crippen LogP) is 2.88. The zero-order chi connectivity index (χ0) is 12.4. The number of rotatable bonds is 3. The molecule has 0 fully saturated rings. The maximum Gasteiger partial charge on any atom is 0.137 e. The minimum atomic E-state index is -0.106. The summed E-state index contributed by atoms with van der Waals surface area (Å²) in [6.07, 6.45) is 2.76. The van der Waals surface area contributed by atoms with E-state index in [1.165, 1.54) is 6.07 Å². The third-order valence-corrected chi connectivity index (χ3v) is 4.28. The van der Waals surface area contributed by atoms with Crippen molar-refractivity contribution in [3.8, 4) is 0 Å². The number of nitrogens with one attached hydrogen (secondary N) is 2. The minimum Gasteiger partial charge on any atom is -0.304 e. The number of nitrogens with zero attached hydrogens (tertiary/aromatic N) is 1. The lowest BCUT2D eigenvalue weighted by molar-refractivity contribution is 0.492. The average molecular weight is 263 g/mol. The molecule has 0 bridgehead atoms. The van der Waals surface area contributed by atoms with Gasteiger partial charge in [0.2, 0.25) is 0 Å². The molecule has 0 saturated carbocycles. The monoisotopic (exact) mass is 263 g/mol. The summed E-state index contributed by atoms with van der Waals surface area (Å²) >= 11 is 1.61. The Morgan fingerprint density at radius 3 is 3.22 bits per heavy atom. The third-order valence-electron chi connectivity index (χ3n) is 3.12. The van der Waals surface area contributed by atoms with E-state index in [-0.39, 0.29) is 11.9 Å². The molecule has 1 aromatic carbocycles. The molecule has 18 heavy (non-hydrogen) atoms. The molecule has 1 atom stereocenters. The van der Waals surface area contributed by atoms with Crippen molar-refractivity contribution in [2.75, 3.05) is 5.75 Å². The standard InChI is InChI=1S/C13H14FN3S/c14-11-3-1-2-10-12(5-7-18-13(10)11)15-8-9-4-6-16-17-9/h1-4,6,12,15H,5,7-8H2,(H,16,17). The lowest BCUT2D eigenvalue weighted by Crippen LogP contribution is -2.24. The molecule has 1 aliphatic heterocycles. The van der Waals surface area contributed by atoms with Crippen LogP contribution in [0.3, 0.4) is 0 Å². The van der Waals surface area contributed by atoms with Gasteiger partial charge in [-0.2, -0.15) is 5.10 Å². The van der Waals surface area contributed by atoms with Gasteiger partial charge in [-0.1, -0.05) is 12.1 Å². The Morgan fingerprint density at radius 2 is 2.39 bits per heavy atom. The van der Waals surface area contributed by atoms with Crippen molar-refractivity contribution >= 4 is 11.8 Å². The Kier molecular flexibility index (Phi) is 3.34. The fraction of sp³-hybridized carbons (Fsp3) is 0.308. The first-order valence-electron chi connectivity index (χ1n) is 5.97. The van der Waals surface area contributed by atoms with Crippen LogP contribution in [-0.2, 0) is 6.54 Å². The van der Waals surface area contributed by atoms with E-state index in [1.54, 1.807) is 24.0 Å². The number of halogens is 1. The van der Waals surface area contributed by atoms with E-state index in [1.807, 2.05) is 12.1 Å². The zero-order valence-electron chi connectivity index (χ0n) is 9.82. The molecular formula is C13H14FN3S. The quantitative estimate of drug-likeness (QED) is 0.894. The molecule has 0 aliphatic carbocycles. The van der Waals surface area contributed by atoms with Gasteiger partial charge in [0.25, 0.3) is 0 Å². The fourth-order valence-corrected chi connectivity index (χ4v) is 3.36. The van der Waals surface area contributed by atoms with Crippen LogP contribution in [0.5, 0.6) is 0 Å². The maximum absolute atomic E-state index is 13.7. The van der Waals surface area contributed by atoms with Gasteiger partial charge in [0.1, 0.15) is 5.82 Å². The second kappa shape index (κ2) is 5.12. The zero-order valence-corrected chi connectivity index (χ0v) is 10.6. The molecule has 94 valence electrons. The van der Waals surface area contributed by atoms with E-state index in [2.05, 4.69) is 15.5 Å². The Morgan fingerprint density at radius 1 is 1.44 bits per heavy atom. The molecule has 3 rings (SSSR count). The van der Waals surface area contributed by atoms with Gasteiger partial charge in [-0.25, -0.2) is 4.39 Å². The highest BCUT2D eigenvalue weighted by molar-refractivity contribution is 7.99. The molecule has 2 heterocycles. The summed E-state index contributed by atoms with van der Waals surface area (Å²) in [5, 5.41) is 10.3. The van der Waals surface area contributed by atoms with Crippen molar-refractivity contribution in [3.05, 3.63) is 47.5 Å². The average Bonchev–Trinajstić information content (AvgIpc) is 2.90. The van der Waals surface area contributed by atoms with Crippen LogP contribution in [0.4, 0.5) is 4.39 Å². The van der Waals surface area contributed by atoms with E-state index >= 15 is 0 Å². The second-order valence-corrected chi connectivity index (χ2v) is 5.42. The summed E-state index contributed by atoms with van der Waals surface area (Å²) in [5.74, 6) is 0.847. The molecule has 0 amide bonds. The molecule has 2 aromatic rings. The number of fused-ring (bicyclic) bond motifs is 1. The summed E-state index contributed by atoms with van der Waals surface area (Å²) < 4.78 is 13.7. The van der Waals surface area contributed by atoms with Crippen molar-refractivity contribution in [1.82, 2.24) is 15.5 Å². The fourth-order valence-electron chi connectivity index (χ4n) is 2.21.